The maximum absolute atomic E-state index is 13.0. The van der Waals surface area contributed by atoms with Gasteiger partial charge in [0.05, 0.1) is 13.7 Å². The summed E-state index contributed by atoms with van der Waals surface area (Å²) in [4.78, 5) is 40.7. The van der Waals surface area contributed by atoms with Gasteiger partial charge in [-0.15, -0.1) is 0 Å². The van der Waals surface area contributed by atoms with E-state index in [0.29, 0.717) is 56.0 Å². The molecule has 1 saturated heterocycles. The monoisotopic (exact) mass is 467 g/mol. The van der Waals surface area contributed by atoms with E-state index in [1.54, 1.807) is 55.5 Å². The summed E-state index contributed by atoms with van der Waals surface area (Å²) in [5.41, 5.74) is 1.99. The van der Waals surface area contributed by atoms with Crippen LogP contribution in [0.15, 0.2) is 48.5 Å². The molecule has 8 nitrogen and oxygen atoms in total. The lowest BCUT2D eigenvalue weighted by Crippen LogP contribution is -2.54. The lowest BCUT2D eigenvalue weighted by Gasteiger charge is -2.36. The lowest BCUT2D eigenvalue weighted by molar-refractivity contribution is -0.124. The Morgan fingerprint density at radius 1 is 1.03 bits per heavy atom. The Labute approximate surface area is 200 Å². The Hall–Kier alpha value is -3.39. The third kappa shape index (κ3) is 6.35. The molecule has 0 saturated carbocycles. The molecule has 0 unspecified atom stereocenters. The van der Waals surface area contributed by atoms with E-state index in [1.807, 2.05) is 19.1 Å². The number of hydrogen-bond donors (Lipinski definition) is 2. The molecule has 0 aliphatic carbocycles. The Morgan fingerprint density at radius 2 is 1.71 bits per heavy atom. The van der Waals surface area contributed by atoms with Gasteiger partial charge in [-0.1, -0.05) is 18.2 Å². The number of nitrogens with one attached hydrogen (secondary N) is 2. The fraction of sp³-hybridized carbons (Fsp3) is 0.423. The Balaban J connectivity index is 1.67. The number of carbonyl (C=O) groups is 3. The zero-order chi connectivity index (χ0) is 24.5. The molecule has 8 heteroatoms. The van der Waals surface area contributed by atoms with Crippen LogP contribution in [0.2, 0.25) is 0 Å². The second-order valence-corrected chi connectivity index (χ2v) is 8.41. The number of rotatable bonds is 9. The van der Waals surface area contributed by atoms with Crippen LogP contribution in [0, 0.1) is 12.8 Å². The van der Waals surface area contributed by atoms with Gasteiger partial charge >= 0.3 is 0 Å². The molecule has 1 aliphatic rings. The predicted molar refractivity (Wildman–Crippen MR) is 129 cm³/mol. The molecule has 3 rings (SSSR count). The average Bonchev–Trinajstić information content (AvgIpc) is 2.87. The van der Waals surface area contributed by atoms with E-state index >= 15 is 0 Å². The molecule has 1 fully saturated rings. The van der Waals surface area contributed by atoms with E-state index in [2.05, 4.69) is 10.6 Å². The van der Waals surface area contributed by atoms with Gasteiger partial charge in [0.1, 0.15) is 11.8 Å². The molecular weight excluding hydrogens is 434 g/mol. The van der Waals surface area contributed by atoms with Gasteiger partial charge in [0.2, 0.25) is 5.91 Å². The van der Waals surface area contributed by atoms with Crippen LogP contribution < -0.4 is 15.4 Å². The fourth-order valence-electron chi connectivity index (χ4n) is 4.18. The molecule has 0 spiro atoms. The van der Waals surface area contributed by atoms with Crippen molar-refractivity contribution in [3.05, 3.63) is 65.2 Å². The molecule has 34 heavy (non-hydrogen) atoms. The van der Waals surface area contributed by atoms with Gasteiger partial charge in [0, 0.05) is 37.9 Å². The van der Waals surface area contributed by atoms with E-state index in [0.717, 1.165) is 5.56 Å². The molecule has 0 aromatic heterocycles. The van der Waals surface area contributed by atoms with Crippen LogP contribution in [-0.4, -0.2) is 69.1 Å². The fourth-order valence-corrected chi connectivity index (χ4v) is 4.18. The number of ether oxygens (including phenoxy) is 2. The maximum atomic E-state index is 13.0. The van der Waals surface area contributed by atoms with E-state index in [1.165, 1.54) is 0 Å². The average molecular weight is 468 g/mol. The maximum Gasteiger partial charge on any atom is 0.253 e. The molecule has 3 amide bonds. The van der Waals surface area contributed by atoms with Crippen molar-refractivity contribution in [3.8, 4) is 5.75 Å². The third-order valence-corrected chi connectivity index (χ3v) is 6.20. The summed E-state index contributed by atoms with van der Waals surface area (Å²) >= 11 is 0. The van der Waals surface area contributed by atoms with Crippen LogP contribution in [-0.2, 0) is 9.53 Å². The first-order valence-corrected chi connectivity index (χ1v) is 11.5. The largest absolute Gasteiger partial charge is 0.497 e. The van der Waals surface area contributed by atoms with Crippen LogP contribution in [0.3, 0.4) is 0 Å². The van der Waals surface area contributed by atoms with E-state index in [-0.39, 0.29) is 23.6 Å². The summed E-state index contributed by atoms with van der Waals surface area (Å²) in [6, 6.07) is 13.6. The third-order valence-electron chi connectivity index (χ3n) is 6.20. The summed E-state index contributed by atoms with van der Waals surface area (Å²) < 4.78 is 10.2. The first-order chi connectivity index (χ1) is 16.4. The van der Waals surface area contributed by atoms with Crippen molar-refractivity contribution >= 4 is 17.7 Å². The number of likely N-dealkylation sites (tertiary alicyclic amines) is 1. The smallest absolute Gasteiger partial charge is 0.253 e. The summed E-state index contributed by atoms with van der Waals surface area (Å²) in [5, 5.41) is 5.80. The van der Waals surface area contributed by atoms with Crippen molar-refractivity contribution in [1.82, 2.24) is 15.5 Å². The van der Waals surface area contributed by atoms with Crippen LogP contribution in [0.25, 0.3) is 0 Å². The number of hydrogen-bond acceptors (Lipinski definition) is 5. The molecule has 1 atom stereocenters. The van der Waals surface area contributed by atoms with Crippen LogP contribution in [0.5, 0.6) is 5.75 Å². The van der Waals surface area contributed by atoms with Crippen molar-refractivity contribution < 1.29 is 23.9 Å². The summed E-state index contributed by atoms with van der Waals surface area (Å²) in [5.74, 6) is 0.0456. The molecule has 2 aromatic rings. The minimum absolute atomic E-state index is 0.0499. The Kier molecular flexibility index (Phi) is 9.04. The van der Waals surface area contributed by atoms with Crippen molar-refractivity contribution in [2.75, 3.05) is 40.5 Å². The highest BCUT2D eigenvalue weighted by Gasteiger charge is 2.34. The molecule has 2 aromatic carbocycles. The molecule has 0 radical (unpaired) electrons. The van der Waals surface area contributed by atoms with Gasteiger partial charge in [-0.05, 0) is 61.6 Å². The zero-order valence-electron chi connectivity index (χ0n) is 20.0. The molecule has 1 heterocycles. The van der Waals surface area contributed by atoms with Crippen molar-refractivity contribution in [3.63, 3.8) is 0 Å². The zero-order valence-corrected chi connectivity index (χ0v) is 20.0. The van der Waals surface area contributed by atoms with E-state index in [9.17, 15) is 14.4 Å². The van der Waals surface area contributed by atoms with Gasteiger partial charge in [-0.2, -0.15) is 0 Å². The highest BCUT2D eigenvalue weighted by molar-refractivity contribution is 5.98. The van der Waals surface area contributed by atoms with Gasteiger partial charge in [0.15, 0.2) is 0 Å². The lowest BCUT2D eigenvalue weighted by atomic mass is 9.88. The number of methoxy groups -OCH3 is 2. The number of piperidine rings is 1. The molecule has 1 aliphatic heterocycles. The van der Waals surface area contributed by atoms with Gasteiger partial charge in [-0.3, -0.25) is 14.4 Å². The van der Waals surface area contributed by atoms with Crippen molar-refractivity contribution in [2.24, 2.45) is 5.92 Å². The van der Waals surface area contributed by atoms with E-state index < -0.39 is 6.04 Å². The SMILES string of the molecule is COCCNC(=O)[C@@H](NC(=O)c1ccccc1C)C1CCN(C(=O)c2ccc(OC)cc2)CC1. The highest BCUT2D eigenvalue weighted by Crippen LogP contribution is 2.24. The number of nitrogens with zero attached hydrogens (tertiary/aromatic N) is 1. The van der Waals surface area contributed by atoms with Crippen molar-refractivity contribution in [1.29, 1.82) is 0 Å². The number of amides is 3. The standard InChI is InChI=1S/C26H33N3O5/c1-18-6-4-5-7-22(18)24(30)28-23(25(31)27-14-17-33-2)19-12-15-29(16-13-19)26(32)20-8-10-21(34-3)11-9-20/h4-11,19,23H,12-17H2,1-3H3,(H,27,31)(H,28,30)/t23-/m0/s1. The molecule has 0 bridgehead atoms. The number of carbonyl (C=O) groups excluding carboxylic acids is 3. The van der Waals surface area contributed by atoms with E-state index in [4.69, 9.17) is 9.47 Å². The quantitative estimate of drug-likeness (QED) is 0.552. The van der Waals surface area contributed by atoms with Gasteiger partial charge < -0.3 is 25.0 Å². The predicted octanol–water partition coefficient (Wildman–Crippen LogP) is 2.42. The minimum atomic E-state index is -0.692. The van der Waals surface area contributed by atoms with Crippen molar-refractivity contribution in [2.45, 2.75) is 25.8 Å². The normalized spacial score (nSPS) is 14.9. The summed E-state index contributed by atoms with van der Waals surface area (Å²) in [6.45, 7) is 3.64. The van der Waals surface area contributed by atoms with Crippen LogP contribution in [0.1, 0.15) is 39.1 Å². The Bertz CT molecular complexity index is 984. The Morgan fingerprint density at radius 3 is 2.32 bits per heavy atom. The second-order valence-electron chi connectivity index (χ2n) is 8.41. The minimum Gasteiger partial charge on any atom is -0.497 e. The number of benzene rings is 2. The first kappa shape index (κ1) is 25.2. The molecular formula is C26H33N3O5. The first-order valence-electron chi connectivity index (χ1n) is 11.5. The highest BCUT2D eigenvalue weighted by atomic mass is 16.5. The molecule has 2 N–H and O–H groups in total. The van der Waals surface area contributed by atoms with Crippen LogP contribution in [0.4, 0.5) is 0 Å². The van der Waals surface area contributed by atoms with Crippen LogP contribution >= 0.6 is 0 Å². The topological polar surface area (TPSA) is 97.0 Å². The van der Waals surface area contributed by atoms with Gasteiger partial charge in [0.25, 0.3) is 11.8 Å². The summed E-state index contributed by atoms with van der Waals surface area (Å²) in [6.07, 6.45) is 1.22. The van der Waals surface area contributed by atoms with Gasteiger partial charge in [-0.25, -0.2) is 0 Å². The second kappa shape index (κ2) is 12.2. The number of aryl methyl sites for hydroxylation is 1. The summed E-state index contributed by atoms with van der Waals surface area (Å²) in [7, 11) is 3.15. The molecule has 182 valence electrons.